The number of nitrogens with zero attached hydrogens (tertiary/aromatic N) is 2. The minimum absolute atomic E-state index is 0.395. The summed E-state index contributed by atoms with van der Waals surface area (Å²) in [5, 5.41) is 0.947. The molecule has 0 N–H and O–H groups in total. The van der Waals surface area contributed by atoms with Gasteiger partial charge in [0.2, 0.25) is 5.88 Å². The van der Waals surface area contributed by atoms with Crippen LogP contribution in [0.15, 0.2) is 48.7 Å². The largest absolute Gasteiger partial charge is 0.481 e. The van der Waals surface area contributed by atoms with Gasteiger partial charge in [0, 0.05) is 23.6 Å². The molecule has 0 fully saturated rings. The Bertz CT molecular complexity index is 829. The molecule has 2 heterocycles. The van der Waals surface area contributed by atoms with Gasteiger partial charge in [0.15, 0.2) is 0 Å². The molecule has 3 rings (SSSR count). The lowest BCUT2D eigenvalue weighted by Crippen LogP contribution is -2.08. The van der Waals surface area contributed by atoms with Crippen LogP contribution in [0.3, 0.4) is 0 Å². The molecule has 0 atom stereocenters. The number of alkyl halides is 3. The maximum Gasteiger partial charge on any atom is 0.433 e. The molecule has 3 nitrogen and oxygen atoms in total. The Kier molecular flexibility index (Phi) is 3.90. The number of fused-ring (bicyclic) bond motifs is 1. The molecule has 0 saturated heterocycles. The Morgan fingerprint density at radius 3 is 2.52 bits per heavy atom. The van der Waals surface area contributed by atoms with Crippen molar-refractivity contribution in [3.63, 3.8) is 0 Å². The van der Waals surface area contributed by atoms with Crippen molar-refractivity contribution < 1.29 is 17.9 Å². The summed E-state index contributed by atoms with van der Waals surface area (Å²) in [5.74, 6) is 0.462. The van der Waals surface area contributed by atoms with E-state index in [1.165, 1.54) is 19.4 Å². The maximum atomic E-state index is 12.5. The first-order valence-corrected chi connectivity index (χ1v) is 6.92. The maximum absolute atomic E-state index is 12.5. The summed E-state index contributed by atoms with van der Waals surface area (Å²) in [6.45, 7) is 0. The van der Waals surface area contributed by atoms with Crippen LogP contribution in [-0.4, -0.2) is 17.1 Å². The normalized spacial score (nSPS) is 11.7. The Morgan fingerprint density at radius 2 is 1.87 bits per heavy atom. The van der Waals surface area contributed by atoms with Crippen molar-refractivity contribution in [1.29, 1.82) is 0 Å². The van der Waals surface area contributed by atoms with Gasteiger partial charge in [-0.3, -0.25) is 4.98 Å². The van der Waals surface area contributed by atoms with Crippen molar-refractivity contribution in [3.8, 4) is 5.88 Å². The molecule has 0 amide bonds. The van der Waals surface area contributed by atoms with E-state index in [4.69, 9.17) is 4.74 Å². The number of pyridine rings is 2. The number of hydrogen-bond acceptors (Lipinski definition) is 3. The first kappa shape index (κ1) is 15.3. The predicted molar refractivity (Wildman–Crippen MR) is 80.3 cm³/mol. The fourth-order valence-corrected chi connectivity index (χ4v) is 2.36. The van der Waals surface area contributed by atoms with Gasteiger partial charge in [-0.2, -0.15) is 13.2 Å². The number of benzene rings is 1. The molecule has 3 aromatic rings. The van der Waals surface area contributed by atoms with E-state index in [-0.39, 0.29) is 0 Å². The van der Waals surface area contributed by atoms with E-state index in [2.05, 4.69) is 9.97 Å². The second-order valence-electron chi connectivity index (χ2n) is 5.08. The quantitative estimate of drug-likeness (QED) is 0.724. The second-order valence-corrected chi connectivity index (χ2v) is 5.08. The van der Waals surface area contributed by atoms with E-state index in [1.807, 2.05) is 30.3 Å². The first-order valence-electron chi connectivity index (χ1n) is 6.92. The lowest BCUT2D eigenvalue weighted by atomic mass is 10.1. The van der Waals surface area contributed by atoms with Crippen molar-refractivity contribution in [2.24, 2.45) is 0 Å². The third kappa shape index (κ3) is 3.26. The summed E-state index contributed by atoms with van der Waals surface area (Å²) in [5.41, 5.74) is 1.37. The highest BCUT2D eigenvalue weighted by Crippen LogP contribution is 2.28. The Hall–Kier alpha value is -2.63. The van der Waals surface area contributed by atoms with Gasteiger partial charge in [-0.15, -0.1) is 0 Å². The molecule has 23 heavy (non-hydrogen) atoms. The van der Waals surface area contributed by atoms with Crippen molar-refractivity contribution >= 4 is 10.9 Å². The number of hydrogen-bond donors (Lipinski definition) is 0. The zero-order valence-corrected chi connectivity index (χ0v) is 12.3. The third-order valence-corrected chi connectivity index (χ3v) is 3.47. The summed E-state index contributed by atoms with van der Waals surface area (Å²) in [6, 6.07) is 11.9. The van der Waals surface area contributed by atoms with Crippen molar-refractivity contribution in [2.45, 2.75) is 12.6 Å². The van der Waals surface area contributed by atoms with E-state index >= 15 is 0 Å². The summed E-state index contributed by atoms with van der Waals surface area (Å²) in [7, 11) is 1.52. The van der Waals surface area contributed by atoms with Gasteiger partial charge in [-0.25, -0.2) is 4.98 Å². The molecular formula is C17H13F3N2O. The number of rotatable bonds is 3. The number of aromatic nitrogens is 2. The fourth-order valence-electron chi connectivity index (χ4n) is 2.36. The van der Waals surface area contributed by atoms with Crippen LogP contribution in [0.4, 0.5) is 13.2 Å². The Labute approximate surface area is 130 Å². The van der Waals surface area contributed by atoms with Gasteiger partial charge in [0.1, 0.15) is 5.69 Å². The number of halogens is 3. The lowest BCUT2D eigenvalue weighted by molar-refractivity contribution is -0.141. The summed E-state index contributed by atoms with van der Waals surface area (Å²) >= 11 is 0. The Morgan fingerprint density at radius 1 is 1.09 bits per heavy atom. The number of ether oxygens (including phenoxy) is 1. The van der Waals surface area contributed by atoms with Crippen LogP contribution >= 0.6 is 0 Å². The molecule has 0 radical (unpaired) electrons. The lowest BCUT2D eigenvalue weighted by Gasteiger charge is -2.10. The third-order valence-electron chi connectivity index (χ3n) is 3.47. The first-order chi connectivity index (χ1) is 11.0. The van der Waals surface area contributed by atoms with Gasteiger partial charge in [-0.05, 0) is 23.8 Å². The van der Waals surface area contributed by atoms with Gasteiger partial charge >= 0.3 is 6.18 Å². The van der Waals surface area contributed by atoms with Crippen LogP contribution in [0.2, 0.25) is 0 Å². The highest BCUT2D eigenvalue weighted by molar-refractivity contribution is 5.80. The molecule has 1 aromatic carbocycles. The molecule has 6 heteroatoms. The van der Waals surface area contributed by atoms with Crippen LogP contribution < -0.4 is 4.74 Å². The minimum atomic E-state index is -4.43. The Balaban J connectivity index is 1.94. The van der Waals surface area contributed by atoms with Crippen molar-refractivity contribution in [2.75, 3.05) is 7.11 Å². The highest BCUT2D eigenvalue weighted by Gasteiger charge is 2.32. The highest BCUT2D eigenvalue weighted by atomic mass is 19.4. The monoisotopic (exact) mass is 318 g/mol. The average Bonchev–Trinajstić information content (AvgIpc) is 2.54. The number of para-hydroxylation sites is 1. The average molecular weight is 318 g/mol. The molecule has 0 aliphatic carbocycles. The smallest absolute Gasteiger partial charge is 0.433 e. The SMILES string of the molecule is COc1nc2ccccc2cc1Cc1ccc(C(F)(F)F)nc1. The predicted octanol–water partition coefficient (Wildman–Crippen LogP) is 4.25. The zero-order chi connectivity index (χ0) is 16.4. The van der Waals surface area contributed by atoms with E-state index in [9.17, 15) is 13.2 Å². The molecule has 2 aromatic heterocycles. The fraction of sp³-hybridized carbons (Fsp3) is 0.176. The van der Waals surface area contributed by atoms with Crippen LogP contribution in [0.25, 0.3) is 10.9 Å². The van der Waals surface area contributed by atoms with E-state index in [0.29, 0.717) is 17.9 Å². The molecule has 0 saturated carbocycles. The summed E-state index contributed by atoms with van der Waals surface area (Å²) in [6.07, 6.45) is -2.80. The van der Waals surface area contributed by atoms with Gasteiger partial charge < -0.3 is 4.74 Å². The number of methoxy groups -OCH3 is 1. The van der Waals surface area contributed by atoms with Crippen LogP contribution in [0.1, 0.15) is 16.8 Å². The van der Waals surface area contributed by atoms with E-state index < -0.39 is 11.9 Å². The van der Waals surface area contributed by atoms with Gasteiger partial charge in [0.05, 0.1) is 12.6 Å². The zero-order valence-electron chi connectivity index (χ0n) is 12.3. The minimum Gasteiger partial charge on any atom is -0.481 e. The standard InChI is InChI=1S/C17H13F3N2O/c1-23-16-13(9-12-4-2-3-5-14(12)22-16)8-11-6-7-15(21-10-11)17(18,19)20/h2-7,9-10H,8H2,1H3. The van der Waals surface area contributed by atoms with E-state index in [1.54, 1.807) is 0 Å². The molecule has 0 aliphatic heterocycles. The molecular weight excluding hydrogens is 305 g/mol. The molecule has 0 unspecified atom stereocenters. The van der Waals surface area contributed by atoms with Crippen molar-refractivity contribution in [3.05, 3.63) is 65.5 Å². The molecule has 118 valence electrons. The van der Waals surface area contributed by atoms with Crippen LogP contribution in [0.5, 0.6) is 5.88 Å². The molecule has 0 bridgehead atoms. The second kappa shape index (κ2) is 5.87. The van der Waals surface area contributed by atoms with E-state index in [0.717, 1.165) is 22.5 Å². The molecule has 0 spiro atoms. The van der Waals surface area contributed by atoms with Gasteiger partial charge in [0.25, 0.3) is 0 Å². The summed E-state index contributed by atoms with van der Waals surface area (Å²) in [4.78, 5) is 7.90. The van der Waals surface area contributed by atoms with Gasteiger partial charge in [-0.1, -0.05) is 24.3 Å². The summed E-state index contributed by atoms with van der Waals surface area (Å²) < 4.78 is 42.9. The molecule has 0 aliphatic rings. The van der Waals surface area contributed by atoms with Crippen LogP contribution in [0, 0.1) is 0 Å². The van der Waals surface area contributed by atoms with Crippen LogP contribution in [-0.2, 0) is 12.6 Å². The van der Waals surface area contributed by atoms with Crippen molar-refractivity contribution in [1.82, 2.24) is 9.97 Å². The topological polar surface area (TPSA) is 35.0 Å².